The molecule has 2 rings (SSSR count). The highest BCUT2D eigenvalue weighted by molar-refractivity contribution is 7.12. The van der Waals surface area contributed by atoms with Gasteiger partial charge in [0.05, 0.1) is 12.0 Å². The summed E-state index contributed by atoms with van der Waals surface area (Å²) in [5.41, 5.74) is 0.711. The number of hydrogen-bond acceptors (Lipinski definition) is 4. The third-order valence-electron chi connectivity index (χ3n) is 2.27. The second-order valence-electron chi connectivity index (χ2n) is 4.62. The molecule has 0 N–H and O–H groups in total. The van der Waals surface area contributed by atoms with Crippen LogP contribution in [0.2, 0.25) is 0 Å². The smallest absolute Gasteiger partial charge is 0.263 e. The Morgan fingerprint density at radius 2 is 2.07 bits per heavy atom. The summed E-state index contributed by atoms with van der Waals surface area (Å²) in [5, 5.41) is 0.664. The van der Waals surface area contributed by atoms with E-state index in [0.717, 1.165) is 10.5 Å². The zero-order valence-electron chi connectivity index (χ0n) is 9.24. The topological polar surface area (TPSA) is 47.8 Å². The molecular formula is C10H13N3OS. The maximum atomic E-state index is 11.9. The summed E-state index contributed by atoms with van der Waals surface area (Å²) in [6, 6.07) is 0. The number of aryl methyl sites for hydroxylation is 1. The molecule has 0 aromatic carbocycles. The van der Waals surface area contributed by atoms with E-state index in [1.807, 2.05) is 20.8 Å². The van der Waals surface area contributed by atoms with Gasteiger partial charge in [-0.1, -0.05) is 20.8 Å². The van der Waals surface area contributed by atoms with Gasteiger partial charge >= 0.3 is 0 Å². The number of fused-ring (bicyclic) bond motifs is 1. The van der Waals surface area contributed by atoms with Crippen molar-refractivity contribution in [2.75, 3.05) is 0 Å². The van der Waals surface area contributed by atoms with E-state index in [1.165, 1.54) is 22.4 Å². The van der Waals surface area contributed by atoms with Crippen molar-refractivity contribution >= 4 is 21.7 Å². The Morgan fingerprint density at radius 1 is 1.40 bits per heavy atom. The Kier molecular flexibility index (Phi) is 2.15. The first-order valence-corrected chi connectivity index (χ1v) is 5.50. The van der Waals surface area contributed by atoms with Crippen LogP contribution in [0.5, 0.6) is 0 Å². The van der Waals surface area contributed by atoms with Crippen LogP contribution in [0.15, 0.2) is 11.1 Å². The first-order chi connectivity index (χ1) is 6.91. The summed E-state index contributed by atoms with van der Waals surface area (Å²) >= 11 is 1.29. The van der Waals surface area contributed by atoms with Crippen molar-refractivity contribution in [1.29, 1.82) is 0 Å². The van der Waals surface area contributed by atoms with Crippen molar-refractivity contribution in [2.24, 2.45) is 7.05 Å². The molecule has 80 valence electrons. The SMILES string of the molecule is Cn1cnc2snc(C(C)(C)C)c2c1=O. The highest BCUT2D eigenvalue weighted by atomic mass is 32.1. The van der Waals surface area contributed by atoms with Crippen LogP contribution >= 0.6 is 11.5 Å². The third-order valence-corrected chi connectivity index (χ3v) is 3.02. The molecule has 0 amide bonds. The number of rotatable bonds is 0. The van der Waals surface area contributed by atoms with Crippen LogP contribution in [0.4, 0.5) is 0 Å². The predicted octanol–water partition coefficient (Wildman–Crippen LogP) is 1.69. The van der Waals surface area contributed by atoms with Gasteiger partial charge in [0, 0.05) is 12.5 Å². The molecule has 5 heteroatoms. The van der Waals surface area contributed by atoms with Gasteiger partial charge in [0.25, 0.3) is 5.56 Å². The van der Waals surface area contributed by atoms with E-state index >= 15 is 0 Å². The van der Waals surface area contributed by atoms with Crippen molar-refractivity contribution in [3.8, 4) is 0 Å². The summed E-state index contributed by atoms with van der Waals surface area (Å²) in [6.45, 7) is 6.15. The zero-order valence-corrected chi connectivity index (χ0v) is 10.1. The Bertz CT molecular complexity index is 562. The van der Waals surface area contributed by atoms with Crippen molar-refractivity contribution < 1.29 is 0 Å². The lowest BCUT2D eigenvalue weighted by Crippen LogP contribution is -2.21. The van der Waals surface area contributed by atoms with Gasteiger partial charge in [0.2, 0.25) is 0 Å². The maximum Gasteiger partial charge on any atom is 0.263 e. The van der Waals surface area contributed by atoms with Gasteiger partial charge in [0.1, 0.15) is 5.39 Å². The van der Waals surface area contributed by atoms with Crippen molar-refractivity contribution in [3.05, 3.63) is 22.4 Å². The van der Waals surface area contributed by atoms with Gasteiger partial charge in [-0.15, -0.1) is 0 Å². The maximum absolute atomic E-state index is 11.9. The molecule has 0 aliphatic heterocycles. The molecule has 0 bridgehead atoms. The van der Waals surface area contributed by atoms with Gasteiger partial charge in [-0.25, -0.2) is 4.98 Å². The summed E-state index contributed by atoms with van der Waals surface area (Å²) < 4.78 is 5.83. The van der Waals surface area contributed by atoms with Gasteiger partial charge in [-0.2, -0.15) is 4.37 Å². The molecule has 15 heavy (non-hydrogen) atoms. The molecule has 0 saturated carbocycles. The largest absolute Gasteiger partial charge is 0.302 e. The van der Waals surface area contributed by atoms with Crippen LogP contribution in [0.1, 0.15) is 26.5 Å². The summed E-state index contributed by atoms with van der Waals surface area (Å²) in [7, 11) is 1.71. The molecule has 0 saturated heterocycles. The number of nitrogens with zero attached hydrogens (tertiary/aromatic N) is 3. The standard InChI is InChI=1S/C10H13N3OS/c1-10(2,3)7-6-8(15-12-7)11-5-13(4)9(6)14/h5H,1-4H3. The fourth-order valence-electron chi connectivity index (χ4n) is 1.44. The van der Waals surface area contributed by atoms with E-state index in [0.29, 0.717) is 5.39 Å². The molecule has 0 atom stereocenters. The minimum atomic E-state index is -0.118. The first kappa shape index (κ1) is 10.3. The van der Waals surface area contributed by atoms with Gasteiger partial charge in [-0.05, 0) is 11.5 Å². The van der Waals surface area contributed by atoms with Crippen LogP contribution in [-0.4, -0.2) is 13.9 Å². The molecule has 4 nitrogen and oxygen atoms in total. The predicted molar refractivity (Wildman–Crippen MR) is 61.4 cm³/mol. The Morgan fingerprint density at radius 3 is 2.67 bits per heavy atom. The van der Waals surface area contributed by atoms with Crippen molar-refractivity contribution in [3.63, 3.8) is 0 Å². The fraction of sp³-hybridized carbons (Fsp3) is 0.500. The molecule has 2 aromatic heterocycles. The van der Waals surface area contributed by atoms with E-state index in [4.69, 9.17) is 0 Å². The van der Waals surface area contributed by atoms with E-state index < -0.39 is 0 Å². The van der Waals surface area contributed by atoms with Crippen LogP contribution < -0.4 is 5.56 Å². The summed E-state index contributed by atoms with van der Waals surface area (Å²) in [5.74, 6) is 0. The van der Waals surface area contributed by atoms with Crippen LogP contribution in [0.3, 0.4) is 0 Å². The Balaban J connectivity index is 2.90. The molecule has 0 aliphatic carbocycles. The number of aromatic nitrogens is 3. The Hall–Kier alpha value is -1.23. The summed E-state index contributed by atoms with van der Waals surface area (Å²) in [4.78, 5) is 16.9. The van der Waals surface area contributed by atoms with Gasteiger partial charge < -0.3 is 4.57 Å². The summed E-state index contributed by atoms with van der Waals surface area (Å²) in [6.07, 6.45) is 1.54. The monoisotopic (exact) mass is 223 g/mol. The first-order valence-electron chi connectivity index (χ1n) is 4.73. The molecule has 2 heterocycles. The molecule has 0 spiro atoms. The molecule has 0 unspecified atom stereocenters. The zero-order chi connectivity index (χ0) is 11.2. The van der Waals surface area contributed by atoms with E-state index in [-0.39, 0.29) is 11.0 Å². The fourth-order valence-corrected chi connectivity index (χ4v) is 2.35. The lowest BCUT2D eigenvalue weighted by molar-refractivity contribution is 0.580. The lowest BCUT2D eigenvalue weighted by atomic mass is 9.91. The molecule has 0 fully saturated rings. The van der Waals surface area contributed by atoms with Crippen molar-refractivity contribution in [2.45, 2.75) is 26.2 Å². The molecular weight excluding hydrogens is 210 g/mol. The lowest BCUT2D eigenvalue weighted by Gasteiger charge is -2.15. The molecule has 0 radical (unpaired) electrons. The minimum absolute atomic E-state index is 0.0151. The van der Waals surface area contributed by atoms with Gasteiger partial charge in [0.15, 0.2) is 4.83 Å². The van der Waals surface area contributed by atoms with Crippen LogP contribution in [0.25, 0.3) is 10.2 Å². The van der Waals surface area contributed by atoms with E-state index in [2.05, 4.69) is 9.36 Å². The second-order valence-corrected chi connectivity index (χ2v) is 5.37. The third kappa shape index (κ3) is 1.56. The number of hydrogen-bond donors (Lipinski definition) is 0. The highest BCUT2D eigenvalue weighted by Crippen LogP contribution is 2.28. The molecule has 0 aliphatic rings. The molecule has 2 aromatic rings. The minimum Gasteiger partial charge on any atom is -0.302 e. The van der Waals surface area contributed by atoms with E-state index in [9.17, 15) is 4.79 Å². The van der Waals surface area contributed by atoms with Crippen LogP contribution in [0, 0.1) is 0 Å². The average Bonchev–Trinajstić information content (AvgIpc) is 2.54. The van der Waals surface area contributed by atoms with Crippen molar-refractivity contribution in [1.82, 2.24) is 13.9 Å². The quantitative estimate of drug-likeness (QED) is 0.682. The van der Waals surface area contributed by atoms with Gasteiger partial charge in [-0.3, -0.25) is 4.79 Å². The second kappa shape index (κ2) is 3.13. The highest BCUT2D eigenvalue weighted by Gasteiger charge is 2.23. The van der Waals surface area contributed by atoms with Crippen LogP contribution in [-0.2, 0) is 12.5 Å². The Labute approximate surface area is 91.7 Å². The normalized spacial score (nSPS) is 12.3. The van der Waals surface area contributed by atoms with E-state index in [1.54, 1.807) is 7.05 Å². The average molecular weight is 223 g/mol.